The number of nitrogens with two attached hydrogens (primary N) is 1. The molecule has 0 atom stereocenters. The second-order valence-corrected chi connectivity index (χ2v) is 7.76. The van der Waals surface area contributed by atoms with E-state index in [9.17, 15) is 4.79 Å². The molecule has 2 aromatic carbocycles. The lowest BCUT2D eigenvalue weighted by atomic mass is 10.0. The average molecular weight is 400 g/mol. The number of carbonyl (C=O) groups excluding carboxylic acids is 1. The van der Waals surface area contributed by atoms with Crippen molar-refractivity contribution in [1.29, 1.82) is 0 Å². The first-order valence-corrected chi connectivity index (χ1v) is 10.1. The second-order valence-electron chi connectivity index (χ2n) is 6.17. The molecule has 0 saturated carbocycles. The molecule has 3 rings (SSSR count). The Morgan fingerprint density at radius 3 is 2.30 bits per heavy atom. The molecule has 140 valence electrons. The molecule has 2 N–H and O–H groups in total. The van der Waals surface area contributed by atoms with Crippen LogP contribution in [0.4, 0.5) is 15.5 Å². The van der Waals surface area contributed by atoms with Crippen molar-refractivity contribution in [3.63, 3.8) is 0 Å². The van der Waals surface area contributed by atoms with Gasteiger partial charge in [0, 0.05) is 5.56 Å². The van der Waals surface area contributed by atoms with E-state index in [2.05, 4.69) is 18.8 Å². The van der Waals surface area contributed by atoms with Crippen molar-refractivity contribution < 1.29 is 4.79 Å². The maximum atomic E-state index is 12.6. The second kappa shape index (κ2) is 8.11. The SMILES string of the molecule is CCc1cccc(CC)c1N(C(N)=O)c1sc(C)nc1-c1ccccc1Cl. The van der Waals surface area contributed by atoms with E-state index in [-0.39, 0.29) is 0 Å². The number of nitrogens with zero attached hydrogens (tertiary/aromatic N) is 2. The quantitative estimate of drug-likeness (QED) is 0.562. The molecular formula is C21H22ClN3OS. The van der Waals surface area contributed by atoms with Gasteiger partial charge in [-0.3, -0.25) is 4.90 Å². The lowest BCUT2D eigenvalue weighted by Crippen LogP contribution is -2.32. The zero-order valence-corrected chi connectivity index (χ0v) is 17.2. The smallest absolute Gasteiger partial charge is 0.324 e. The molecule has 0 radical (unpaired) electrons. The minimum Gasteiger partial charge on any atom is -0.351 e. The van der Waals surface area contributed by atoms with Gasteiger partial charge in [0.05, 0.1) is 15.7 Å². The van der Waals surface area contributed by atoms with Gasteiger partial charge in [0.2, 0.25) is 0 Å². The molecule has 4 nitrogen and oxygen atoms in total. The highest BCUT2D eigenvalue weighted by Crippen LogP contribution is 2.43. The van der Waals surface area contributed by atoms with Crippen molar-refractivity contribution in [2.45, 2.75) is 33.6 Å². The zero-order chi connectivity index (χ0) is 19.6. The van der Waals surface area contributed by atoms with Crippen LogP contribution in [0.3, 0.4) is 0 Å². The number of primary amides is 1. The van der Waals surface area contributed by atoms with Crippen LogP contribution in [-0.4, -0.2) is 11.0 Å². The Hall–Kier alpha value is -2.37. The number of rotatable bonds is 5. The Bertz CT molecular complexity index is 961. The Morgan fingerprint density at radius 1 is 1.11 bits per heavy atom. The fraction of sp³-hybridized carbons (Fsp3) is 0.238. The maximum absolute atomic E-state index is 12.6. The minimum absolute atomic E-state index is 0.525. The van der Waals surface area contributed by atoms with E-state index in [1.165, 1.54) is 11.3 Å². The molecular weight excluding hydrogens is 378 g/mol. The molecule has 0 aliphatic heterocycles. The molecule has 0 aliphatic rings. The summed E-state index contributed by atoms with van der Waals surface area (Å²) in [4.78, 5) is 18.9. The predicted octanol–water partition coefficient (Wildman–Crippen LogP) is 6.11. The van der Waals surface area contributed by atoms with Gasteiger partial charge in [-0.1, -0.05) is 61.8 Å². The van der Waals surface area contributed by atoms with Crippen LogP contribution in [0.5, 0.6) is 0 Å². The van der Waals surface area contributed by atoms with Crippen LogP contribution < -0.4 is 10.6 Å². The van der Waals surface area contributed by atoms with Gasteiger partial charge >= 0.3 is 6.03 Å². The summed E-state index contributed by atoms with van der Waals surface area (Å²) in [6.45, 7) is 6.06. The first-order valence-electron chi connectivity index (χ1n) is 8.90. The summed E-state index contributed by atoms with van der Waals surface area (Å²) in [7, 11) is 0. The fourth-order valence-corrected chi connectivity index (χ4v) is 4.38. The molecule has 0 unspecified atom stereocenters. The largest absolute Gasteiger partial charge is 0.351 e. The van der Waals surface area contributed by atoms with Crippen LogP contribution in [0.15, 0.2) is 42.5 Å². The van der Waals surface area contributed by atoms with E-state index in [4.69, 9.17) is 17.3 Å². The summed E-state index contributed by atoms with van der Waals surface area (Å²) < 4.78 is 0. The van der Waals surface area contributed by atoms with E-state index in [1.807, 2.05) is 49.4 Å². The van der Waals surface area contributed by atoms with Gasteiger partial charge in [-0.25, -0.2) is 9.78 Å². The summed E-state index contributed by atoms with van der Waals surface area (Å²) >= 11 is 7.86. The number of aryl methyl sites for hydroxylation is 3. The van der Waals surface area contributed by atoms with Gasteiger partial charge in [-0.2, -0.15) is 0 Å². The molecule has 2 amide bonds. The van der Waals surface area contributed by atoms with E-state index in [0.717, 1.165) is 40.2 Å². The van der Waals surface area contributed by atoms with Crippen molar-refractivity contribution in [3.8, 4) is 11.3 Å². The van der Waals surface area contributed by atoms with Crippen LogP contribution in [0.2, 0.25) is 5.02 Å². The van der Waals surface area contributed by atoms with E-state index in [0.29, 0.717) is 15.7 Å². The topological polar surface area (TPSA) is 59.2 Å². The molecule has 1 heterocycles. The monoisotopic (exact) mass is 399 g/mol. The summed E-state index contributed by atoms with van der Waals surface area (Å²) in [5, 5.41) is 2.13. The number of benzene rings is 2. The van der Waals surface area contributed by atoms with E-state index >= 15 is 0 Å². The van der Waals surface area contributed by atoms with Gasteiger partial charge in [-0.15, -0.1) is 11.3 Å². The highest BCUT2D eigenvalue weighted by atomic mass is 35.5. The number of amides is 2. The third-order valence-electron chi connectivity index (χ3n) is 4.46. The number of aromatic nitrogens is 1. The molecule has 6 heteroatoms. The van der Waals surface area contributed by atoms with Crippen LogP contribution in [0.25, 0.3) is 11.3 Å². The van der Waals surface area contributed by atoms with Crippen LogP contribution in [0, 0.1) is 6.92 Å². The van der Waals surface area contributed by atoms with Crippen molar-refractivity contribution in [3.05, 3.63) is 63.6 Å². The van der Waals surface area contributed by atoms with E-state index < -0.39 is 6.03 Å². The molecule has 0 aliphatic carbocycles. The Kier molecular flexibility index (Phi) is 5.82. The van der Waals surface area contributed by atoms with Crippen molar-refractivity contribution >= 4 is 39.7 Å². The summed E-state index contributed by atoms with van der Waals surface area (Å²) in [6.07, 6.45) is 1.60. The molecule has 0 saturated heterocycles. The summed E-state index contributed by atoms with van der Waals surface area (Å²) in [6, 6.07) is 13.1. The first kappa shape index (κ1) is 19.4. The van der Waals surface area contributed by atoms with E-state index in [1.54, 1.807) is 4.90 Å². The minimum atomic E-state index is -0.525. The zero-order valence-electron chi connectivity index (χ0n) is 15.6. The molecule has 27 heavy (non-hydrogen) atoms. The van der Waals surface area contributed by atoms with Gasteiger partial charge < -0.3 is 5.73 Å². The highest BCUT2D eigenvalue weighted by Gasteiger charge is 2.27. The number of urea groups is 1. The lowest BCUT2D eigenvalue weighted by Gasteiger charge is -2.25. The molecule has 3 aromatic rings. The average Bonchev–Trinajstić information content (AvgIpc) is 3.03. The summed E-state index contributed by atoms with van der Waals surface area (Å²) in [5.74, 6) is 0. The third kappa shape index (κ3) is 3.70. The Labute approximate surface area is 168 Å². The van der Waals surface area contributed by atoms with Crippen molar-refractivity contribution in [1.82, 2.24) is 4.98 Å². The van der Waals surface area contributed by atoms with Gasteiger partial charge in [0.25, 0.3) is 0 Å². The fourth-order valence-electron chi connectivity index (χ4n) is 3.21. The third-order valence-corrected chi connectivity index (χ3v) is 5.74. The number of hydrogen-bond donors (Lipinski definition) is 1. The van der Waals surface area contributed by atoms with Crippen LogP contribution in [0.1, 0.15) is 30.0 Å². The number of thiazole rings is 1. The van der Waals surface area contributed by atoms with Gasteiger partial charge in [0.1, 0.15) is 10.7 Å². The Balaban J connectivity index is 2.29. The van der Waals surface area contributed by atoms with Crippen LogP contribution in [-0.2, 0) is 12.8 Å². The molecule has 1 aromatic heterocycles. The number of para-hydroxylation sites is 1. The highest BCUT2D eigenvalue weighted by molar-refractivity contribution is 7.16. The summed E-state index contributed by atoms with van der Waals surface area (Å²) in [5.41, 5.74) is 10.3. The number of anilines is 2. The Morgan fingerprint density at radius 2 is 1.74 bits per heavy atom. The van der Waals surface area contributed by atoms with Gasteiger partial charge in [0.15, 0.2) is 0 Å². The number of carbonyl (C=O) groups is 1. The predicted molar refractivity (Wildman–Crippen MR) is 114 cm³/mol. The molecule has 0 fully saturated rings. The number of hydrogen-bond acceptors (Lipinski definition) is 3. The van der Waals surface area contributed by atoms with Gasteiger partial charge in [-0.05, 0) is 37.0 Å². The lowest BCUT2D eigenvalue weighted by molar-refractivity contribution is 0.256. The first-order chi connectivity index (χ1) is 13.0. The maximum Gasteiger partial charge on any atom is 0.324 e. The normalized spacial score (nSPS) is 10.8. The van der Waals surface area contributed by atoms with Crippen molar-refractivity contribution in [2.24, 2.45) is 5.73 Å². The van der Waals surface area contributed by atoms with Crippen molar-refractivity contribution in [2.75, 3.05) is 4.90 Å². The molecule has 0 bridgehead atoms. The standard InChI is InChI=1S/C21H22ClN3OS/c1-4-14-9-8-10-15(5-2)19(14)25(21(23)26)20-18(24-13(3)27-20)16-11-6-7-12-17(16)22/h6-12H,4-5H2,1-3H3,(H2,23,26). The number of halogens is 1. The molecule has 0 spiro atoms. The van der Waals surface area contributed by atoms with Crippen LogP contribution >= 0.6 is 22.9 Å².